The molecule has 1 N–H and O–H groups in total. The molecular formula is C10H13BrN2O2. The molecule has 1 aliphatic carbocycles. The van der Waals surface area contributed by atoms with Crippen molar-refractivity contribution < 1.29 is 9.32 Å². The summed E-state index contributed by atoms with van der Waals surface area (Å²) in [6.07, 6.45) is 5.69. The summed E-state index contributed by atoms with van der Waals surface area (Å²) in [6.45, 7) is 0. The fourth-order valence-corrected chi connectivity index (χ4v) is 2.31. The maximum atomic E-state index is 11.6. The van der Waals surface area contributed by atoms with Crippen molar-refractivity contribution in [1.82, 2.24) is 10.5 Å². The van der Waals surface area contributed by atoms with Crippen LogP contribution in [0.2, 0.25) is 0 Å². The number of halogens is 1. The highest BCUT2D eigenvalue weighted by Crippen LogP contribution is 2.24. The maximum absolute atomic E-state index is 11.6. The minimum Gasteiger partial charge on any atom is -0.364 e. The molecule has 0 aliphatic heterocycles. The minimum absolute atomic E-state index is 0.137. The number of carbonyl (C=O) groups is 1. The van der Waals surface area contributed by atoms with Crippen molar-refractivity contribution in [3.63, 3.8) is 0 Å². The largest absolute Gasteiger partial charge is 0.364 e. The van der Waals surface area contributed by atoms with E-state index in [1.165, 1.54) is 6.26 Å². The Morgan fingerprint density at radius 3 is 2.80 bits per heavy atom. The van der Waals surface area contributed by atoms with Gasteiger partial charge >= 0.3 is 0 Å². The van der Waals surface area contributed by atoms with Crippen molar-refractivity contribution in [2.45, 2.75) is 36.6 Å². The van der Waals surface area contributed by atoms with Gasteiger partial charge in [0.15, 0.2) is 5.69 Å². The molecule has 0 atom stereocenters. The van der Waals surface area contributed by atoms with Gasteiger partial charge in [0.25, 0.3) is 5.91 Å². The van der Waals surface area contributed by atoms with Crippen LogP contribution in [0.3, 0.4) is 0 Å². The normalized spacial score (nSPS) is 26.2. The molecule has 2 rings (SSSR count). The van der Waals surface area contributed by atoms with Gasteiger partial charge in [-0.1, -0.05) is 21.1 Å². The van der Waals surface area contributed by atoms with Crippen molar-refractivity contribution >= 4 is 21.8 Å². The maximum Gasteiger partial charge on any atom is 0.273 e. The van der Waals surface area contributed by atoms with Crippen LogP contribution in [0.4, 0.5) is 0 Å². The molecule has 0 radical (unpaired) electrons. The molecule has 1 saturated carbocycles. The van der Waals surface area contributed by atoms with Crippen LogP contribution in [-0.4, -0.2) is 21.9 Å². The van der Waals surface area contributed by atoms with Crippen LogP contribution >= 0.6 is 15.9 Å². The van der Waals surface area contributed by atoms with E-state index in [0.717, 1.165) is 25.7 Å². The van der Waals surface area contributed by atoms with Gasteiger partial charge in [-0.3, -0.25) is 4.79 Å². The summed E-state index contributed by atoms with van der Waals surface area (Å²) in [5.41, 5.74) is 0.357. The zero-order chi connectivity index (χ0) is 10.7. The molecule has 1 amide bonds. The summed E-state index contributed by atoms with van der Waals surface area (Å²) in [4.78, 5) is 12.2. The summed E-state index contributed by atoms with van der Waals surface area (Å²) in [5, 5.41) is 6.56. The SMILES string of the molecule is O=C(NC1CCC(Br)CC1)c1ccon1. The zero-order valence-corrected chi connectivity index (χ0v) is 9.87. The van der Waals surface area contributed by atoms with Crippen LogP contribution < -0.4 is 5.32 Å². The second-order valence-electron chi connectivity index (χ2n) is 3.81. The fraction of sp³-hybridized carbons (Fsp3) is 0.600. The molecule has 0 unspecified atom stereocenters. The van der Waals surface area contributed by atoms with E-state index < -0.39 is 0 Å². The van der Waals surface area contributed by atoms with E-state index in [1.54, 1.807) is 6.07 Å². The van der Waals surface area contributed by atoms with Gasteiger partial charge in [0.05, 0.1) is 0 Å². The van der Waals surface area contributed by atoms with E-state index in [-0.39, 0.29) is 11.9 Å². The average Bonchev–Trinajstić information content (AvgIpc) is 2.74. The number of aromatic nitrogens is 1. The van der Waals surface area contributed by atoms with Crippen LogP contribution in [0, 0.1) is 0 Å². The Labute approximate surface area is 96.5 Å². The Balaban J connectivity index is 1.85. The lowest BCUT2D eigenvalue weighted by Gasteiger charge is -2.25. The Morgan fingerprint density at radius 1 is 1.47 bits per heavy atom. The van der Waals surface area contributed by atoms with Crippen LogP contribution in [0.5, 0.6) is 0 Å². The first-order valence-corrected chi connectivity index (χ1v) is 6.02. The Bertz CT molecular complexity index is 318. The predicted octanol–water partition coefficient (Wildman–Crippen LogP) is 2.11. The number of hydrogen-bond acceptors (Lipinski definition) is 3. The summed E-state index contributed by atoms with van der Waals surface area (Å²) >= 11 is 3.58. The van der Waals surface area contributed by atoms with Crippen molar-refractivity contribution in [2.24, 2.45) is 0 Å². The minimum atomic E-state index is -0.137. The van der Waals surface area contributed by atoms with Crippen molar-refractivity contribution in [3.05, 3.63) is 18.0 Å². The molecule has 1 aliphatic rings. The number of carbonyl (C=O) groups excluding carboxylic acids is 1. The van der Waals surface area contributed by atoms with Crippen LogP contribution in [0.1, 0.15) is 36.2 Å². The molecule has 1 aromatic heterocycles. The highest BCUT2D eigenvalue weighted by atomic mass is 79.9. The van der Waals surface area contributed by atoms with Gasteiger partial charge in [0.1, 0.15) is 6.26 Å². The van der Waals surface area contributed by atoms with E-state index in [0.29, 0.717) is 10.5 Å². The molecule has 0 aromatic carbocycles. The second kappa shape index (κ2) is 4.79. The predicted molar refractivity (Wildman–Crippen MR) is 58.9 cm³/mol. The molecule has 1 heterocycles. The van der Waals surface area contributed by atoms with Crippen LogP contribution in [-0.2, 0) is 0 Å². The number of amides is 1. The summed E-state index contributed by atoms with van der Waals surface area (Å²) in [6, 6.07) is 1.86. The van der Waals surface area contributed by atoms with E-state index in [1.807, 2.05) is 0 Å². The molecule has 1 fully saturated rings. The quantitative estimate of drug-likeness (QED) is 0.839. The number of nitrogens with zero attached hydrogens (tertiary/aromatic N) is 1. The standard InChI is InChI=1S/C10H13BrN2O2/c11-7-1-3-8(4-2-7)12-10(14)9-5-6-15-13-9/h5-8H,1-4H2,(H,12,14). The van der Waals surface area contributed by atoms with Gasteiger partial charge in [-0.15, -0.1) is 0 Å². The van der Waals surface area contributed by atoms with Crippen LogP contribution in [0.15, 0.2) is 16.9 Å². The van der Waals surface area contributed by atoms with Gasteiger partial charge in [0, 0.05) is 16.9 Å². The molecule has 82 valence electrons. The summed E-state index contributed by atoms with van der Waals surface area (Å²) < 4.78 is 4.62. The topological polar surface area (TPSA) is 55.1 Å². The lowest BCUT2D eigenvalue weighted by atomic mass is 9.95. The average molecular weight is 273 g/mol. The first kappa shape index (κ1) is 10.7. The lowest BCUT2D eigenvalue weighted by Crippen LogP contribution is -2.37. The molecular weight excluding hydrogens is 260 g/mol. The number of hydrogen-bond donors (Lipinski definition) is 1. The van der Waals surface area contributed by atoms with Gasteiger partial charge in [-0.05, 0) is 25.7 Å². The highest BCUT2D eigenvalue weighted by Gasteiger charge is 2.21. The Morgan fingerprint density at radius 2 is 2.20 bits per heavy atom. The molecule has 0 bridgehead atoms. The number of rotatable bonds is 2. The van der Waals surface area contributed by atoms with E-state index >= 15 is 0 Å². The summed E-state index contributed by atoms with van der Waals surface area (Å²) in [5.74, 6) is -0.137. The third kappa shape index (κ3) is 2.81. The third-order valence-electron chi connectivity index (χ3n) is 2.66. The fourth-order valence-electron chi connectivity index (χ4n) is 1.79. The van der Waals surface area contributed by atoms with E-state index in [9.17, 15) is 4.79 Å². The smallest absolute Gasteiger partial charge is 0.273 e. The number of nitrogens with one attached hydrogen (secondary N) is 1. The van der Waals surface area contributed by atoms with Crippen molar-refractivity contribution in [3.8, 4) is 0 Å². The molecule has 0 saturated heterocycles. The second-order valence-corrected chi connectivity index (χ2v) is 5.10. The van der Waals surface area contributed by atoms with Gasteiger partial charge in [-0.25, -0.2) is 0 Å². The zero-order valence-electron chi connectivity index (χ0n) is 8.28. The van der Waals surface area contributed by atoms with Gasteiger partial charge in [0.2, 0.25) is 0 Å². The highest BCUT2D eigenvalue weighted by molar-refractivity contribution is 9.09. The Kier molecular flexibility index (Phi) is 3.41. The Hall–Kier alpha value is -0.840. The molecule has 0 spiro atoms. The molecule has 5 heteroatoms. The molecule has 4 nitrogen and oxygen atoms in total. The third-order valence-corrected chi connectivity index (χ3v) is 3.58. The van der Waals surface area contributed by atoms with Crippen LogP contribution in [0.25, 0.3) is 0 Å². The van der Waals surface area contributed by atoms with Gasteiger partial charge < -0.3 is 9.84 Å². The van der Waals surface area contributed by atoms with Crippen molar-refractivity contribution in [2.75, 3.05) is 0 Å². The lowest BCUT2D eigenvalue weighted by molar-refractivity contribution is 0.0919. The first-order valence-electron chi connectivity index (χ1n) is 5.11. The van der Waals surface area contributed by atoms with E-state index in [4.69, 9.17) is 0 Å². The first-order chi connectivity index (χ1) is 7.25. The van der Waals surface area contributed by atoms with Gasteiger partial charge in [-0.2, -0.15) is 0 Å². The summed E-state index contributed by atoms with van der Waals surface area (Å²) in [7, 11) is 0. The molecule has 1 aromatic rings. The monoisotopic (exact) mass is 272 g/mol. The molecule has 15 heavy (non-hydrogen) atoms. The number of alkyl halides is 1. The van der Waals surface area contributed by atoms with Crippen molar-refractivity contribution in [1.29, 1.82) is 0 Å². The van der Waals surface area contributed by atoms with E-state index in [2.05, 4.69) is 30.9 Å².